The van der Waals surface area contributed by atoms with E-state index in [2.05, 4.69) is 76.3 Å². The summed E-state index contributed by atoms with van der Waals surface area (Å²) in [6, 6.07) is 10.9. The van der Waals surface area contributed by atoms with Crippen molar-refractivity contribution >= 4 is 13.3 Å². The topological polar surface area (TPSA) is 3.24 Å². The van der Waals surface area contributed by atoms with E-state index in [1.807, 2.05) is 0 Å². The van der Waals surface area contributed by atoms with Crippen LogP contribution >= 0.6 is 0 Å². The van der Waals surface area contributed by atoms with Gasteiger partial charge in [-0.15, -0.1) is 0 Å². The summed E-state index contributed by atoms with van der Waals surface area (Å²) in [4.78, 5) is 2.32. The Morgan fingerprint density at radius 3 is 1.88 bits per heavy atom. The first-order valence-corrected chi connectivity index (χ1v) is 8.97. The molecule has 0 N–H and O–H groups in total. The zero-order valence-corrected chi connectivity index (χ0v) is 13.4. The fraction of sp³-hybridized carbons (Fsp3) is 0.500. The standard InChI is InChI=1S/C14H24NSi.Li/c1-12(2)14(15(3)4)16(5,6)13-10-8-7-9-11-13;/h7-12H,1-6H3;/q-1;+1. The van der Waals surface area contributed by atoms with Gasteiger partial charge in [0.2, 0.25) is 0 Å². The van der Waals surface area contributed by atoms with Gasteiger partial charge in [0, 0.05) is 0 Å². The Kier molecular flexibility index (Phi) is 6.80. The predicted octanol–water partition coefficient (Wildman–Crippen LogP) is -0.105. The Balaban J connectivity index is 0.00000256. The van der Waals surface area contributed by atoms with E-state index >= 15 is 0 Å². The molecule has 0 aliphatic rings. The van der Waals surface area contributed by atoms with Crippen LogP contribution in [0.2, 0.25) is 13.1 Å². The second kappa shape index (κ2) is 6.80. The van der Waals surface area contributed by atoms with Gasteiger partial charge in [-0.2, -0.15) is 5.92 Å². The van der Waals surface area contributed by atoms with Gasteiger partial charge in [-0.25, -0.2) is 5.67 Å². The molecule has 0 unspecified atom stereocenters. The minimum Gasteiger partial charge on any atom is -0.460 e. The maximum Gasteiger partial charge on any atom is 1.00 e. The van der Waals surface area contributed by atoms with Gasteiger partial charge >= 0.3 is 18.9 Å². The predicted molar refractivity (Wildman–Crippen MR) is 75.3 cm³/mol. The van der Waals surface area contributed by atoms with E-state index < -0.39 is 8.07 Å². The van der Waals surface area contributed by atoms with Gasteiger partial charge in [-0.3, -0.25) is 0 Å². The van der Waals surface area contributed by atoms with Crippen LogP contribution in [0, 0.1) is 11.6 Å². The minimum atomic E-state index is -1.49. The molecule has 0 atom stereocenters. The molecule has 1 aromatic carbocycles. The molecular weight excluding hydrogens is 217 g/mol. The molecule has 0 aromatic heterocycles. The summed E-state index contributed by atoms with van der Waals surface area (Å²) in [5, 5.41) is 1.52. The molecule has 90 valence electrons. The zero-order valence-electron chi connectivity index (χ0n) is 12.4. The van der Waals surface area contributed by atoms with E-state index in [9.17, 15) is 0 Å². The summed E-state index contributed by atoms with van der Waals surface area (Å²) in [5.41, 5.74) is 1.61. The Morgan fingerprint density at radius 1 is 1.06 bits per heavy atom. The number of hydrogen-bond donors (Lipinski definition) is 0. The normalized spacial score (nSPS) is 12.1. The van der Waals surface area contributed by atoms with Crippen molar-refractivity contribution in [3.8, 4) is 0 Å². The van der Waals surface area contributed by atoms with E-state index in [1.165, 1.54) is 5.19 Å². The zero-order chi connectivity index (χ0) is 12.3. The SMILES string of the molecule is CC(C)[C-](N(C)C)[Si](C)(C)c1ccccc1.[Li+]. The molecule has 1 aromatic rings. The van der Waals surface area contributed by atoms with E-state index in [0.29, 0.717) is 5.92 Å². The van der Waals surface area contributed by atoms with Crippen molar-refractivity contribution in [1.29, 1.82) is 0 Å². The van der Waals surface area contributed by atoms with Gasteiger partial charge in [0.1, 0.15) is 0 Å². The van der Waals surface area contributed by atoms with E-state index in [1.54, 1.807) is 5.67 Å². The second-order valence-electron chi connectivity index (χ2n) is 5.43. The van der Waals surface area contributed by atoms with Gasteiger partial charge in [-0.1, -0.05) is 62.5 Å². The maximum atomic E-state index is 2.44. The van der Waals surface area contributed by atoms with E-state index in [-0.39, 0.29) is 18.9 Å². The van der Waals surface area contributed by atoms with Crippen molar-refractivity contribution in [2.75, 3.05) is 14.1 Å². The minimum absolute atomic E-state index is 0. The Labute approximate surface area is 120 Å². The molecule has 0 radical (unpaired) electrons. The fourth-order valence-corrected chi connectivity index (χ4v) is 6.68. The molecule has 0 saturated heterocycles. The van der Waals surface area contributed by atoms with Crippen molar-refractivity contribution in [3.63, 3.8) is 0 Å². The largest absolute Gasteiger partial charge is 1.00 e. The maximum absolute atomic E-state index is 2.44. The number of rotatable bonds is 4. The van der Waals surface area contributed by atoms with Crippen LogP contribution in [0.25, 0.3) is 0 Å². The first-order valence-electron chi connectivity index (χ1n) is 5.97. The molecule has 3 heteroatoms. The van der Waals surface area contributed by atoms with Gasteiger partial charge in [0.25, 0.3) is 0 Å². The third kappa shape index (κ3) is 4.00. The van der Waals surface area contributed by atoms with Crippen LogP contribution in [0.15, 0.2) is 30.3 Å². The number of benzene rings is 1. The molecule has 1 rings (SSSR count). The third-order valence-electron chi connectivity index (χ3n) is 3.16. The van der Waals surface area contributed by atoms with Crippen molar-refractivity contribution in [2.45, 2.75) is 26.9 Å². The van der Waals surface area contributed by atoms with Crippen molar-refractivity contribution in [2.24, 2.45) is 5.92 Å². The van der Waals surface area contributed by atoms with E-state index in [4.69, 9.17) is 0 Å². The first kappa shape index (κ1) is 17.0. The van der Waals surface area contributed by atoms with Crippen LogP contribution in [0.1, 0.15) is 13.8 Å². The molecule has 0 saturated carbocycles. The molecular formula is C14H24LiNSi. The van der Waals surface area contributed by atoms with Gasteiger partial charge in [0.05, 0.1) is 0 Å². The molecule has 0 amide bonds. The Morgan fingerprint density at radius 2 is 1.53 bits per heavy atom. The third-order valence-corrected chi connectivity index (χ3v) is 7.25. The Bertz CT molecular complexity index is 314. The van der Waals surface area contributed by atoms with Crippen LogP contribution in [0.4, 0.5) is 0 Å². The molecule has 0 spiro atoms. The van der Waals surface area contributed by atoms with Crippen LogP contribution in [0.5, 0.6) is 0 Å². The number of nitrogens with zero attached hydrogens (tertiary/aromatic N) is 1. The number of hydrogen-bond acceptors (Lipinski definition) is 1. The summed E-state index contributed by atoms with van der Waals surface area (Å²) in [5.74, 6) is 0.622. The van der Waals surface area contributed by atoms with Crippen LogP contribution in [-0.2, 0) is 0 Å². The average molecular weight is 241 g/mol. The summed E-state index contributed by atoms with van der Waals surface area (Å²) in [6.07, 6.45) is 0. The van der Waals surface area contributed by atoms with Gasteiger partial charge in [0.15, 0.2) is 0 Å². The van der Waals surface area contributed by atoms with Gasteiger partial charge in [-0.05, 0) is 22.2 Å². The molecule has 17 heavy (non-hydrogen) atoms. The van der Waals surface area contributed by atoms with Crippen LogP contribution in [0.3, 0.4) is 0 Å². The average Bonchev–Trinajstić information content (AvgIpc) is 2.17. The summed E-state index contributed by atoms with van der Waals surface area (Å²) in [7, 11) is 2.85. The fourth-order valence-electron chi connectivity index (χ4n) is 2.80. The van der Waals surface area contributed by atoms with Crippen molar-refractivity contribution < 1.29 is 18.9 Å². The molecule has 1 nitrogen and oxygen atoms in total. The van der Waals surface area contributed by atoms with Crippen molar-refractivity contribution in [1.82, 2.24) is 4.90 Å². The van der Waals surface area contributed by atoms with Gasteiger partial charge < -0.3 is 4.90 Å². The molecule has 0 fully saturated rings. The van der Waals surface area contributed by atoms with E-state index in [0.717, 1.165) is 0 Å². The smallest absolute Gasteiger partial charge is 0.460 e. The molecule has 0 heterocycles. The second-order valence-corrected chi connectivity index (χ2v) is 9.77. The van der Waals surface area contributed by atoms with Crippen LogP contribution < -0.4 is 24.0 Å². The summed E-state index contributed by atoms with van der Waals surface area (Å²) >= 11 is 0. The first-order chi connectivity index (χ1) is 7.37. The summed E-state index contributed by atoms with van der Waals surface area (Å²) < 4.78 is 0. The Hall–Kier alpha value is -0.00571. The van der Waals surface area contributed by atoms with Crippen LogP contribution in [-0.4, -0.2) is 27.1 Å². The molecule has 0 aliphatic heterocycles. The monoisotopic (exact) mass is 241 g/mol. The molecule has 0 bridgehead atoms. The quantitative estimate of drug-likeness (QED) is 0.525. The summed E-state index contributed by atoms with van der Waals surface area (Å²) in [6.45, 7) is 9.48. The van der Waals surface area contributed by atoms with Crippen molar-refractivity contribution in [3.05, 3.63) is 36.0 Å². The molecule has 0 aliphatic carbocycles.